The third-order valence-electron chi connectivity index (χ3n) is 0.174. The van der Waals surface area contributed by atoms with Crippen LogP contribution < -0.4 is 0 Å². The molecule has 0 aromatic heterocycles. The minimum Gasteiger partial charge on any atom is -0.355 e. The van der Waals surface area contributed by atoms with Gasteiger partial charge in [0.05, 0.1) is 0 Å². The lowest BCUT2D eigenvalue weighted by molar-refractivity contribution is 0.319. The molecule has 0 unspecified atom stereocenters. The fourth-order valence-corrected chi connectivity index (χ4v) is 0.243. The van der Waals surface area contributed by atoms with Crippen molar-refractivity contribution in [1.82, 2.24) is 0 Å². The van der Waals surface area contributed by atoms with Gasteiger partial charge in [0, 0.05) is 0 Å². The minimum absolute atomic E-state index is 1.31. The molecule has 0 aliphatic rings. The molecule has 0 aromatic carbocycles. The summed E-state index contributed by atoms with van der Waals surface area (Å²) < 4.78 is 33.1. The SMILES string of the molecule is C=C(F)O[SH](=O)=O. The molecule has 0 heterocycles. The van der Waals surface area contributed by atoms with E-state index in [-0.39, 0.29) is 0 Å². The first-order valence-electron chi connectivity index (χ1n) is 1.29. The Morgan fingerprint density at radius 1 is 1.71 bits per heavy atom. The lowest BCUT2D eigenvalue weighted by atomic mass is 11.1. The molecule has 0 N–H and O–H groups in total. The van der Waals surface area contributed by atoms with E-state index in [1.807, 2.05) is 0 Å². The Morgan fingerprint density at radius 2 is 2.14 bits per heavy atom. The van der Waals surface area contributed by atoms with Crippen molar-refractivity contribution in [2.45, 2.75) is 0 Å². The second-order valence-corrected chi connectivity index (χ2v) is 1.30. The fraction of sp³-hybridized carbons (Fsp3) is 0. The van der Waals surface area contributed by atoms with Crippen LogP contribution in [0.1, 0.15) is 0 Å². The van der Waals surface area contributed by atoms with Gasteiger partial charge in [-0.3, -0.25) is 0 Å². The van der Waals surface area contributed by atoms with Gasteiger partial charge in [-0.25, -0.2) is 0 Å². The molecule has 0 fully saturated rings. The largest absolute Gasteiger partial charge is 0.355 e. The Labute approximate surface area is 41.6 Å². The molecule has 3 nitrogen and oxygen atoms in total. The minimum atomic E-state index is -3.11. The average molecular weight is 126 g/mol. The summed E-state index contributed by atoms with van der Waals surface area (Å²) in [5, 5.41) is 0. The molecule has 5 heteroatoms. The molecule has 0 saturated carbocycles. The molecule has 0 rings (SSSR count). The Kier molecular flexibility index (Phi) is 2.36. The van der Waals surface area contributed by atoms with Crippen LogP contribution in [-0.2, 0) is 15.2 Å². The normalized spacial score (nSPS) is 8.86. The zero-order valence-corrected chi connectivity index (χ0v) is 4.15. The van der Waals surface area contributed by atoms with E-state index < -0.39 is 17.0 Å². The van der Waals surface area contributed by atoms with Crippen molar-refractivity contribution in [3.8, 4) is 0 Å². The van der Waals surface area contributed by atoms with E-state index in [4.69, 9.17) is 0 Å². The molecular formula is C2H3FO3S. The summed E-state index contributed by atoms with van der Waals surface area (Å²) in [4.78, 5) is 0. The maximum atomic E-state index is 11.2. The summed E-state index contributed by atoms with van der Waals surface area (Å²) in [6, 6.07) is -1.31. The summed E-state index contributed by atoms with van der Waals surface area (Å²) in [5.74, 6) is 0. The lowest BCUT2D eigenvalue weighted by Crippen LogP contribution is -1.79. The second-order valence-electron chi connectivity index (χ2n) is 0.670. The zero-order chi connectivity index (χ0) is 5.86. The van der Waals surface area contributed by atoms with Gasteiger partial charge in [0.25, 0.3) is 6.01 Å². The van der Waals surface area contributed by atoms with Gasteiger partial charge >= 0.3 is 11.0 Å². The molecule has 0 aromatic rings. The van der Waals surface area contributed by atoms with Gasteiger partial charge in [0.2, 0.25) is 0 Å². The topological polar surface area (TPSA) is 43.4 Å². The maximum absolute atomic E-state index is 11.2. The Morgan fingerprint density at radius 3 is 2.14 bits per heavy atom. The smallest absolute Gasteiger partial charge is 0.301 e. The highest BCUT2D eigenvalue weighted by Gasteiger charge is 1.85. The van der Waals surface area contributed by atoms with Crippen LogP contribution in [0.4, 0.5) is 4.39 Å². The lowest BCUT2D eigenvalue weighted by Gasteiger charge is -1.83. The van der Waals surface area contributed by atoms with Crippen LogP contribution in [0.15, 0.2) is 12.6 Å². The van der Waals surface area contributed by atoms with Gasteiger partial charge in [0.15, 0.2) is 0 Å². The van der Waals surface area contributed by atoms with E-state index in [9.17, 15) is 12.8 Å². The summed E-state index contributed by atoms with van der Waals surface area (Å²) >= 11 is 0. The Balaban J connectivity index is 3.53. The molecule has 0 aliphatic carbocycles. The summed E-state index contributed by atoms with van der Waals surface area (Å²) in [6.45, 7) is 2.52. The van der Waals surface area contributed by atoms with Crippen molar-refractivity contribution in [2.24, 2.45) is 0 Å². The van der Waals surface area contributed by atoms with Crippen LogP contribution in [0, 0.1) is 0 Å². The Bertz CT molecular complexity index is 130. The van der Waals surface area contributed by atoms with E-state index in [1.165, 1.54) is 0 Å². The number of halogens is 1. The van der Waals surface area contributed by atoms with Gasteiger partial charge in [0.1, 0.15) is 0 Å². The fourth-order valence-electron chi connectivity index (χ4n) is 0.0809. The summed E-state index contributed by atoms with van der Waals surface area (Å²) in [5.41, 5.74) is 0. The van der Waals surface area contributed by atoms with Crippen LogP contribution in [-0.4, -0.2) is 8.42 Å². The third kappa shape index (κ3) is 5.42. The molecule has 0 aliphatic heterocycles. The van der Waals surface area contributed by atoms with Crippen LogP contribution in [0.2, 0.25) is 0 Å². The molecule has 7 heavy (non-hydrogen) atoms. The first-order valence-corrected chi connectivity index (χ1v) is 2.39. The van der Waals surface area contributed by atoms with E-state index in [2.05, 4.69) is 10.8 Å². The number of hydrogen-bond acceptors (Lipinski definition) is 3. The molecule has 0 spiro atoms. The van der Waals surface area contributed by atoms with E-state index in [0.717, 1.165) is 0 Å². The average Bonchev–Trinajstić information content (AvgIpc) is 1.27. The van der Waals surface area contributed by atoms with Crippen LogP contribution in [0.3, 0.4) is 0 Å². The highest BCUT2D eigenvalue weighted by Crippen LogP contribution is 1.90. The highest BCUT2D eigenvalue weighted by molar-refractivity contribution is 7.67. The Hall–Kier alpha value is -0.580. The number of hydrogen-bond donors (Lipinski definition) is 1. The highest BCUT2D eigenvalue weighted by atomic mass is 32.2. The third-order valence-corrected chi connectivity index (χ3v) is 0.521. The van der Waals surface area contributed by atoms with Crippen LogP contribution >= 0.6 is 0 Å². The predicted octanol–water partition coefficient (Wildman–Crippen LogP) is -0.0299. The van der Waals surface area contributed by atoms with Crippen molar-refractivity contribution in [3.05, 3.63) is 12.6 Å². The van der Waals surface area contributed by atoms with Gasteiger partial charge < -0.3 is 4.18 Å². The second kappa shape index (κ2) is 2.57. The standard InChI is InChI=1S/C2H3FO3S/c1-2(3)6-7(4)5/h7H,1H2. The van der Waals surface area contributed by atoms with Gasteiger partial charge in [-0.05, 0) is 6.58 Å². The van der Waals surface area contributed by atoms with Crippen molar-refractivity contribution in [3.63, 3.8) is 0 Å². The molecule has 0 atom stereocenters. The maximum Gasteiger partial charge on any atom is 0.301 e. The molecule has 0 amide bonds. The summed E-state index contributed by atoms with van der Waals surface area (Å²) in [7, 11) is -3.11. The van der Waals surface area contributed by atoms with Gasteiger partial charge in [-0.15, -0.1) is 0 Å². The number of rotatable bonds is 2. The van der Waals surface area contributed by atoms with Crippen LogP contribution in [0.25, 0.3) is 0 Å². The quantitative estimate of drug-likeness (QED) is 0.417. The zero-order valence-electron chi connectivity index (χ0n) is 3.26. The van der Waals surface area contributed by atoms with Crippen molar-refractivity contribution in [2.75, 3.05) is 0 Å². The van der Waals surface area contributed by atoms with E-state index in [1.54, 1.807) is 0 Å². The molecular weight excluding hydrogens is 123 g/mol. The van der Waals surface area contributed by atoms with Crippen molar-refractivity contribution >= 4 is 11.0 Å². The first kappa shape index (κ1) is 6.42. The predicted molar refractivity (Wildman–Crippen MR) is 21.6 cm³/mol. The van der Waals surface area contributed by atoms with Crippen LogP contribution in [0.5, 0.6) is 0 Å². The van der Waals surface area contributed by atoms with Crippen molar-refractivity contribution in [1.29, 1.82) is 0 Å². The number of thiol groups is 1. The van der Waals surface area contributed by atoms with Crippen molar-refractivity contribution < 1.29 is 17.0 Å². The molecule has 0 saturated heterocycles. The molecule has 42 valence electrons. The molecule has 0 bridgehead atoms. The van der Waals surface area contributed by atoms with Gasteiger partial charge in [-0.2, -0.15) is 12.8 Å². The van der Waals surface area contributed by atoms with Gasteiger partial charge in [-0.1, -0.05) is 0 Å². The monoisotopic (exact) mass is 126 g/mol. The molecule has 0 radical (unpaired) electrons. The van der Waals surface area contributed by atoms with E-state index >= 15 is 0 Å². The first-order chi connectivity index (χ1) is 3.13. The van der Waals surface area contributed by atoms with E-state index in [0.29, 0.717) is 0 Å². The summed E-state index contributed by atoms with van der Waals surface area (Å²) in [6.07, 6.45) is 0.